The Morgan fingerprint density at radius 3 is 2.44 bits per heavy atom. The van der Waals surface area contributed by atoms with E-state index in [1.807, 2.05) is 0 Å². The van der Waals surface area contributed by atoms with Gasteiger partial charge in [0.1, 0.15) is 33.7 Å². The predicted molar refractivity (Wildman–Crippen MR) is 96.7 cm³/mol. The van der Waals surface area contributed by atoms with Gasteiger partial charge in [-0.3, -0.25) is 0 Å². The van der Waals surface area contributed by atoms with Gasteiger partial charge in [-0.1, -0.05) is 16.8 Å². The van der Waals surface area contributed by atoms with Crippen LogP contribution in [0.15, 0.2) is 39.8 Å². The van der Waals surface area contributed by atoms with Crippen LogP contribution in [0.5, 0.6) is 5.75 Å². The summed E-state index contributed by atoms with van der Waals surface area (Å²) in [5.74, 6) is -1.29. The molecule has 0 saturated heterocycles. The lowest BCUT2D eigenvalue weighted by molar-refractivity contribution is 0.400. The summed E-state index contributed by atoms with van der Waals surface area (Å²) in [5, 5.41) is 4.23. The highest BCUT2D eigenvalue weighted by atomic mass is 35.5. The minimum atomic E-state index is -3.91. The molecule has 3 aromatic rings. The molecule has 0 fully saturated rings. The van der Waals surface area contributed by atoms with Crippen LogP contribution in [0.1, 0.15) is 5.76 Å². The molecule has 1 heterocycles. The summed E-state index contributed by atoms with van der Waals surface area (Å²) >= 11 is 6.13. The standard InChI is InChI=1S/C18H14ClF2NO4S/c1-9-17(11-7-14(21)16(8-13(11)20)27(3,23)24)18(22-26-9)10-4-5-15(25-2)12(19)6-10/h4-8H,1-3H3. The molecule has 0 bridgehead atoms. The van der Waals surface area contributed by atoms with Gasteiger partial charge >= 0.3 is 0 Å². The number of hydrogen-bond acceptors (Lipinski definition) is 5. The van der Waals surface area contributed by atoms with Crippen LogP contribution in [-0.4, -0.2) is 26.9 Å². The molecule has 142 valence electrons. The van der Waals surface area contributed by atoms with E-state index in [1.54, 1.807) is 25.1 Å². The van der Waals surface area contributed by atoms with Crippen molar-refractivity contribution >= 4 is 21.4 Å². The van der Waals surface area contributed by atoms with Gasteiger partial charge in [0.25, 0.3) is 0 Å². The first kappa shape index (κ1) is 19.3. The van der Waals surface area contributed by atoms with Crippen LogP contribution < -0.4 is 4.74 Å². The molecular weight excluding hydrogens is 400 g/mol. The minimum absolute atomic E-state index is 0.166. The molecule has 2 aromatic carbocycles. The number of rotatable bonds is 4. The van der Waals surface area contributed by atoms with Crippen molar-refractivity contribution in [2.24, 2.45) is 0 Å². The third-order valence-electron chi connectivity index (χ3n) is 3.98. The number of methoxy groups -OCH3 is 1. The van der Waals surface area contributed by atoms with E-state index in [2.05, 4.69) is 5.16 Å². The number of aryl methyl sites for hydroxylation is 1. The lowest BCUT2D eigenvalue weighted by atomic mass is 9.99. The fraction of sp³-hybridized carbons (Fsp3) is 0.167. The average Bonchev–Trinajstić information content (AvgIpc) is 2.97. The molecular formula is C18H14ClF2NO4S. The van der Waals surface area contributed by atoms with Crippen LogP contribution in [0, 0.1) is 18.6 Å². The maximum atomic E-state index is 14.7. The maximum Gasteiger partial charge on any atom is 0.178 e. The average molecular weight is 414 g/mol. The van der Waals surface area contributed by atoms with Gasteiger partial charge in [-0.05, 0) is 37.3 Å². The minimum Gasteiger partial charge on any atom is -0.495 e. The topological polar surface area (TPSA) is 69.4 Å². The Bertz CT molecular complexity index is 1140. The molecule has 9 heteroatoms. The van der Waals surface area contributed by atoms with Crippen molar-refractivity contribution in [3.63, 3.8) is 0 Å². The zero-order valence-corrected chi connectivity index (χ0v) is 16.1. The number of benzene rings is 2. The Kier molecular flexibility index (Phi) is 4.96. The van der Waals surface area contributed by atoms with Crippen LogP contribution in [0.2, 0.25) is 5.02 Å². The van der Waals surface area contributed by atoms with Crippen molar-refractivity contribution < 1.29 is 26.5 Å². The molecule has 27 heavy (non-hydrogen) atoms. The number of hydrogen-bond donors (Lipinski definition) is 0. The number of ether oxygens (including phenoxy) is 1. The Labute approximate surface area is 159 Å². The van der Waals surface area contributed by atoms with E-state index in [1.165, 1.54) is 7.11 Å². The van der Waals surface area contributed by atoms with Gasteiger partial charge in [-0.15, -0.1) is 0 Å². The first-order valence-electron chi connectivity index (χ1n) is 7.63. The number of halogens is 3. The molecule has 0 spiro atoms. The van der Waals surface area contributed by atoms with Crippen molar-refractivity contribution in [3.8, 4) is 28.1 Å². The predicted octanol–water partition coefficient (Wildman–Crippen LogP) is 4.66. The van der Waals surface area contributed by atoms with Gasteiger partial charge in [0.15, 0.2) is 9.84 Å². The molecule has 0 aliphatic rings. The van der Waals surface area contributed by atoms with E-state index in [-0.39, 0.29) is 22.6 Å². The molecule has 0 amide bonds. The third kappa shape index (κ3) is 3.54. The van der Waals surface area contributed by atoms with E-state index >= 15 is 0 Å². The molecule has 5 nitrogen and oxygen atoms in total. The quantitative estimate of drug-likeness (QED) is 0.622. The number of nitrogens with zero attached hydrogens (tertiary/aromatic N) is 1. The van der Waals surface area contributed by atoms with Crippen LogP contribution >= 0.6 is 11.6 Å². The van der Waals surface area contributed by atoms with Gasteiger partial charge in [-0.2, -0.15) is 0 Å². The van der Waals surface area contributed by atoms with E-state index in [4.69, 9.17) is 20.9 Å². The zero-order chi connectivity index (χ0) is 19.9. The number of sulfone groups is 1. The van der Waals surface area contributed by atoms with Gasteiger partial charge in [0, 0.05) is 17.4 Å². The molecule has 0 N–H and O–H groups in total. The molecule has 3 rings (SSSR count). The molecule has 0 radical (unpaired) electrons. The summed E-state index contributed by atoms with van der Waals surface area (Å²) in [4.78, 5) is -0.716. The van der Waals surface area contributed by atoms with Crippen molar-refractivity contribution in [2.75, 3.05) is 13.4 Å². The van der Waals surface area contributed by atoms with Crippen LogP contribution in [0.3, 0.4) is 0 Å². The maximum absolute atomic E-state index is 14.7. The smallest absolute Gasteiger partial charge is 0.178 e. The lowest BCUT2D eigenvalue weighted by Gasteiger charge is -2.09. The first-order valence-corrected chi connectivity index (χ1v) is 9.90. The monoisotopic (exact) mass is 413 g/mol. The second-order valence-electron chi connectivity index (χ2n) is 5.85. The largest absolute Gasteiger partial charge is 0.495 e. The lowest BCUT2D eigenvalue weighted by Crippen LogP contribution is -2.03. The highest BCUT2D eigenvalue weighted by Gasteiger charge is 2.24. The van der Waals surface area contributed by atoms with Crippen LogP contribution in [0.25, 0.3) is 22.4 Å². The van der Waals surface area contributed by atoms with E-state index in [0.29, 0.717) is 22.4 Å². The molecule has 0 atom stereocenters. The summed E-state index contributed by atoms with van der Waals surface area (Å²) in [6.07, 6.45) is 0.806. The van der Waals surface area contributed by atoms with Gasteiger partial charge in [-0.25, -0.2) is 17.2 Å². The summed E-state index contributed by atoms with van der Waals surface area (Å²) in [5.41, 5.74) is 0.774. The van der Waals surface area contributed by atoms with Crippen molar-refractivity contribution in [3.05, 3.63) is 52.7 Å². The number of aromatic nitrogens is 1. The van der Waals surface area contributed by atoms with E-state index in [0.717, 1.165) is 12.3 Å². The molecule has 0 aliphatic heterocycles. The van der Waals surface area contributed by atoms with Crippen molar-refractivity contribution in [1.82, 2.24) is 5.16 Å². The van der Waals surface area contributed by atoms with Gasteiger partial charge in [0.05, 0.1) is 17.7 Å². The molecule has 0 saturated carbocycles. The van der Waals surface area contributed by atoms with Crippen molar-refractivity contribution in [2.45, 2.75) is 11.8 Å². The van der Waals surface area contributed by atoms with Crippen molar-refractivity contribution in [1.29, 1.82) is 0 Å². The van der Waals surface area contributed by atoms with Crippen LogP contribution in [0.4, 0.5) is 8.78 Å². The normalized spacial score (nSPS) is 11.6. The first-order chi connectivity index (χ1) is 12.6. The summed E-state index contributed by atoms with van der Waals surface area (Å²) < 4.78 is 62.4. The molecule has 1 aromatic heterocycles. The van der Waals surface area contributed by atoms with E-state index < -0.39 is 26.4 Å². The fourth-order valence-corrected chi connectivity index (χ4v) is 3.69. The second kappa shape index (κ2) is 6.94. The third-order valence-corrected chi connectivity index (χ3v) is 5.39. The Hall–Kier alpha value is -2.45. The Balaban J connectivity index is 2.22. The molecule has 0 aliphatic carbocycles. The Morgan fingerprint density at radius 1 is 1.15 bits per heavy atom. The summed E-state index contributed by atoms with van der Waals surface area (Å²) in [7, 11) is -2.45. The second-order valence-corrected chi connectivity index (χ2v) is 8.24. The SMILES string of the molecule is COc1ccc(-c2noc(C)c2-c2cc(F)c(S(C)(=O)=O)cc2F)cc1Cl. The van der Waals surface area contributed by atoms with Gasteiger partial charge in [0.2, 0.25) is 0 Å². The highest BCUT2D eigenvalue weighted by molar-refractivity contribution is 7.90. The Morgan fingerprint density at radius 2 is 1.85 bits per heavy atom. The zero-order valence-electron chi connectivity index (χ0n) is 14.5. The summed E-state index contributed by atoms with van der Waals surface area (Å²) in [6, 6.07) is 6.28. The highest BCUT2D eigenvalue weighted by Crippen LogP contribution is 2.39. The fourth-order valence-electron chi connectivity index (χ4n) is 2.70. The van der Waals surface area contributed by atoms with Gasteiger partial charge < -0.3 is 9.26 Å². The summed E-state index contributed by atoms with van der Waals surface area (Å²) in [6.45, 7) is 1.54. The van der Waals surface area contributed by atoms with Crippen LogP contribution in [-0.2, 0) is 9.84 Å². The van der Waals surface area contributed by atoms with E-state index in [9.17, 15) is 17.2 Å². The molecule has 0 unspecified atom stereocenters.